The van der Waals surface area contributed by atoms with Crippen molar-refractivity contribution in [3.05, 3.63) is 71.2 Å². The number of H-pyrrole nitrogens is 1. The highest BCUT2D eigenvalue weighted by atomic mass is 32.2. The maximum Gasteiger partial charge on any atom is 0.214 e. The summed E-state index contributed by atoms with van der Waals surface area (Å²) in [5.41, 5.74) is 2.04. The van der Waals surface area contributed by atoms with Crippen LogP contribution in [0.1, 0.15) is 17.1 Å². The van der Waals surface area contributed by atoms with Gasteiger partial charge in [-0.1, -0.05) is 36.4 Å². The SMILES string of the molecule is Cc1nc(Sc2nc3cc(F)c(F)cc3nc2C=Cc2ccccc2)n[nH]1. The van der Waals surface area contributed by atoms with Crippen molar-refractivity contribution in [3.8, 4) is 0 Å². The lowest BCUT2D eigenvalue weighted by molar-refractivity contribution is 0.510. The van der Waals surface area contributed by atoms with Crippen molar-refractivity contribution < 1.29 is 8.78 Å². The van der Waals surface area contributed by atoms with Crippen LogP contribution < -0.4 is 0 Å². The average molecular weight is 381 g/mol. The summed E-state index contributed by atoms with van der Waals surface area (Å²) in [6, 6.07) is 11.8. The van der Waals surface area contributed by atoms with E-state index in [0.29, 0.717) is 21.7 Å². The number of benzene rings is 2. The van der Waals surface area contributed by atoms with Gasteiger partial charge in [-0.05, 0) is 30.3 Å². The van der Waals surface area contributed by atoms with Gasteiger partial charge >= 0.3 is 0 Å². The van der Waals surface area contributed by atoms with E-state index >= 15 is 0 Å². The molecule has 0 aliphatic heterocycles. The van der Waals surface area contributed by atoms with Gasteiger partial charge in [0.05, 0.1) is 16.7 Å². The fourth-order valence-electron chi connectivity index (χ4n) is 2.43. The van der Waals surface area contributed by atoms with Crippen LogP contribution in [0.25, 0.3) is 23.2 Å². The minimum atomic E-state index is -0.964. The third-order valence-electron chi connectivity index (χ3n) is 3.70. The van der Waals surface area contributed by atoms with E-state index in [4.69, 9.17) is 0 Å². The Morgan fingerprint density at radius 3 is 2.30 bits per heavy atom. The van der Waals surface area contributed by atoms with Crippen LogP contribution in [-0.2, 0) is 0 Å². The van der Waals surface area contributed by atoms with Gasteiger partial charge in [0.25, 0.3) is 0 Å². The fourth-order valence-corrected chi connectivity index (χ4v) is 3.24. The first-order valence-corrected chi connectivity index (χ1v) is 8.87. The van der Waals surface area contributed by atoms with Gasteiger partial charge in [0.1, 0.15) is 10.9 Å². The van der Waals surface area contributed by atoms with Crippen LogP contribution in [0.3, 0.4) is 0 Å². The lowest BCUT2D eigenvalue weighted by Gasteiger charge is -2.06. The van der Waals surface area contributed by atoms with Gasteiger partial charge in [-0.3, -0.25) is 5.10 Å². The maximum absolute atomic E-state index is 13.6. The first kappa shape index (κ1) is 17.3. The lowest BCUT2D eigenvalue weighted by Crippen LogP contribution is -1.96. The molecule has 2 aromatic carbocycles. The minimum Gasteiger partial charge on any atom is -0.262 e. The zero-order valence-electron chi connectivity index (χ0n) is 14.1. The second-order valence-corrected chi connectivity index (χ2v) is 6.67. The average Bonchev–Trinajstić information content (AvgIpc) is 3.07. The van der Waals surface area contributed by atoms with E-state index in [1.807, 2.05) is 36.4 Å². The Hall–Kier alpha value is -3.13. The van der Waals surface area contributed by atoms with E-state index in [-0.39, 0.29) is 11.0 Å². The molecule has 0 radical (unpaired) electrons. The molecule has 4 aromatic rings. The van der Waals surface area contributed by atoms with Crippen LogP contribution in [0.2, 0.25) is 0 Å². The molecule has 1 N–H and O–H groups in total. The van der Waals surface area contributed by atoms with Gasteiger partial charge < -0.3 is 0 Å². The van der Waals surface area contributed by atoms with Gasteiger partial charge in [-0.25, -0.2) is 23.7 Å². The first-order valence-electron chi connectivity index (χ1n) is 8.05. The molecule has 2 aromatic heterocycles. The number of halogens is 2. The molecule has 0 saturated carbocycles. The van der Waals surface area contributed by atoms with Crippen molar-refractivity contribution in [2.75, 3.05) is 0 Å². The lowest BCUT2D eigenvalue weighted by atomic mass is 10.2. The van der Waals surface area contributed by atoms with E-state index in [1.165, 1.54) is 11.8 Å². The molecule has 0 aliphatic rings. The zero-order valence-corrected chi connectivity index (χ0v) is 15.0. The molecule has 2 heterocycles. The summed E-state index contributed by atoms with van der Waals surface area (Å²) < 4.78 is 27.2. The Morgan fingerprint density at radius 2 is 1.63 bits per heavy atom. The van der Waals surface area contributed by atoms with Gasteiger partial charge in [0.2, 0.25) is 5.16 Å². The quantitative estimate of drug-likeness (QED) is 0.557. The summed E-state index contributed by atoms with van der Waals surface area (Å²) in [5.74, 6) is -1.26. The van der Waals surface area contributed by atoms with E-state index in [9.17, 15) is 8.78 Å². The zero-order chi connectivity index (χ0) is 18.8. The molecular formula is C19H13F2N5S. The molecule has 0 fully saturated rings. The van der Waals surface area contributed by atoms with Gasteiger partial charge in [0, 0.05) is 12.1 Å². The maximum atomic E-state index is 13.6. The van der Waals surface area contributed by atoms with Gasteiger partial charge in [0.15, 0.2) is 11.6 Å². The van der Waals surface area contributed by atoms with E-state index < -0.39 is 11.6 Å². The predicted octanol–water partition coefficient (Wildman–Crippen LogP) is 4.66. The molecule has 0 saturated heterocycles. The normalized spacial score (nSPS) is 11.5. The molecule has 5 nitrogen and oxygen atoms in total. The second-order valence-electron chi connectivity index (χ2n) is 5.72. The van der Waals surface area contributed by atoms with Crippen molar-refractivity contribution in [1.29, 1.82) is 0 Å². The number of aromatic amines is 1. The van der Waals surface area contributed by atoms with Crippen molar-refractivity contribution in [2.45, 2.75) is 17.1 Å². The number of aromatic nitrogens is 5. The van der Waals surface area contributed by atoms with Crippen molar-refractivity contribution in [2.24, 2.45) is 0 Å². The van der Waals surface area contributed by atoms with Crippen LogP contribution in [0.5, 0.6) is 0 Å². The van der Waals surface area contributed by atoms with E-state index in [1.54, 1.807) is 13.0 Å². The fraction of sp³-hybridized carbons (Fsp3) is 0.0526. The smallest absolute Gasteiger partial charge is 0.214 e. The van der Waals surface area contributed by atoms with Crippen molar-refractivity contribution >= 4 is 34.9 Å². The number of hydrogen-bond acceptors (Lipinski definition) is 5. The van der Waals surface area contributed by atoms with Gasteiger partial charge in [-0.2, -0.15) is 0 Å². The Morgan fingerprint density at radius 1 is 0.926 bits per heavy atom. The van der Waals surface area contributed by atoms with Crippen LogP contribution in [0.15, 0.2) is 52.6 Å². The van der Waals surface area contributed by atoms with E-state index in [2.05, 4.69) is 25.1 Å². The monoisotopic (exact) mass is 381 g/mol. The Balaban J connectivity index is 1.81. The topological polar surface area (TPSA) is 67.3 Å². The summed E-state index contributed by atoms with van der Waals surface area (Å²) in [7, 11) is 0. The molecule has 8 heteroatoms. The molecule has 0 spiro atoms. The number of nitrogens with zero attached hydrogens (tertiary/aromatic N) is 4. The highest BCUT2D eigenvalue weighted by Gasteiger charge is 2.14. The Kier molecular flexibility index (Phi) is 4.64. The van der Waals surface area contributed by atoms with Gasteiger partial charge in [-0.15, -0.1) is 5.10 Å². The number of aryl methyl sites for hydroxylation is 1. The summed E-state index contributed by atoms with van der Waals surface area (Å²) in [6.45, 7) is 1.79. The van der Waals surface area contributed by atoms with E-state index in [0.717, 1.165) is 17.7 Å². The Labute approximate surface area is 157 Å². The minimum absolute atomic E-state index is 0.264. The molecule has 0 unspecified atom stereocenters. The molecule has 0 amide bonds. The molecule has 4 rings (SSSR count). The highest BCUT2D eigenvalue weighted by Crippen LogP contribution is 2.29. The third-order valence-corrected chi connectivity index (χ3v) is 4.56. The first-order chi connectivity index (χ1) is 13.1. The molecule has 134 valence electrons. The van der Waals surface area contributed by atoms with Crippen LogP contribution in [-0.4, -0.2) is 25.1 Å². The summed E-state index contributed by atoms with van der Waals surface area (Å²) in [6.07, 6.45) is 3.66. The molecule has 27 heavy (non-hydrogen) atoms. The number of fused-ring (bicyclic) bond motifs is 1. The molecule has 0 aliphatic carbocycles. The number of nitrogens with one attached hydrogen (secondary N) is 1. The molecule has 0 bridgehead atoms. The summed E-state index contributed by atoms with van der Waals surface area (Å²) in [4.78, 5) is 13.1. The highest BCUT2D eigenvalue weighted by molar-refractivity contribution is 7.99. The number of hydrogen-bond donors (Lipinski definition) is 1. The molecule has 0 atom stereocenters. The Bertz CT molecular complexity index is 1140. The van der Waals surface area contributed by atoms with Crippen molar-refractivity contribution in [1.82, 2.24) is 25.1 Å². The molecular weight excluding hydrogens is 368 g/mol. The van der Waals surface area contributed by atoms with Crippen molar-refractivity contribution in [3.63, 3.8) is 0 Å². The standard InChI is InChI=1S/C19H13F2N5S/c1-11-22-19(26-25-11)27-18-15(8-7-12-5-3-2-4-6-12)23-16-9-13(20)14(21)10-17(16)24-18/h2-10H,1H3,(H,22,25,26). The third kappa shape index (κ3) is 3.85. The van der Waals surface area contributed by atoms with Crippen LogP contribution in [0.4, 0.5) is 8.78 Å². The largest absolute Gasteiger partial charge is 0.262 e. The second kappa shape index (κ2) is 7.24. The summed E-state index contributed by atoms with van der Waals surface area (Å²) >= 11 is 1.20. The summed E-state index contributed by atoms with van der Waals surface area (Å²) in [5, 5.41) is 7.82. The number of rotatable bonds is 4. The van der Waals surface area contributed by atoms with Crippen LogP contribution >= 0.6 is 11.8 Å². The van der Waals surface area contributed by atoms with Crippen LogP contribution in [0, 0.1) is 18.6 Å². The predicted molar refractivity (Wildman–Crippen MR) is 100 cm³/mol.